The topological polar surface area (TPSA) is 49.4 Å². The Bertz CT molecular complexity index is 496. The third kappa shape index (κ3) is 3.63. The van der Waals surface area contributed by atoms with Gasteiger partial charge < -0.3 is 10.2 Å². The molecule has 1 aromatic rings. The van der Waals surface area contributed by atoms with Gasteiger partial charge in [-0.15, -0.1) is 0 Å². The molecule has 1 unspecified atom stereocenters. The number of amides is 2. The molecule has 0 spiro atoms. The fourth-order valence-corrected chi connectivity index (χ4v) is 2.60. The van der Waals surface area contributed by atoms with E-state index in [1.54, 1.807) is 4.90 Å². The van der Waals surface area contributed by atoms with Crippen molar-refractivity contribution in [3.63, 3.8) is 0 Å². The summed E-state index contributed by atoms with van der Waals surface area (Å²) in [5.74, 6) is -0.720. The first kappa shape index (κ1) is 15.5. The predicted molar refractivity (Wildman–Crippen MR) is 84.2 cm³/mol. The Hall–Kier alpha value is -1.84. The van der Waals surface area contributed by atoms with Crippen LogP contribution in [0.15, 0.2) is 24.3 Å². The highest BCUT2D eigenvalue weighted by Gasteiger charge is 2.37. The van der Waals surface area contributed by atoms with Crippen LogP contribution in [-0.2, 0) is 16.0 Å². The van der Waals surface area contributed by atoms with Crippen molar-refractivity contribution in [3.05, 3.63) is 29.8 Å². The van der Waals surface area contributed by atoms with Crippen LogP contribution in [0.5, 0.6) is 0 Å². The molecular formula is C17H24N2O2. The summed E-state index contributed by atoms with van der Waals surface area (Å²) in [6.07, 6.45) is 3.58. The fourth-order valence-electron chi connectivity index (χ4n) is 2.60. The van der Waals surface area contributed by atoms with Crippen molar-refractivity contribution in [2.75, 3.05) is 18.0 Å². The molecule has 0 saturated carbocycles. The van der Waals surface area contributed by atoms with E-state index in [4.69, 9.17) is 0 Å². The highest BCUT2D eigenvalue weighted by Crippen LogP contribution is 2.25. The van der Waals surface area contributed by atoms with Gasteiger partial charge in [-0.3, -0.25) is 9.59 Å². The minimum atomic E-state index is -0.521. The Balaban J connectivity index is 1.98. The molecule has 0 aromatic heterocycles. The minimum Gasteiger partial charge on any atom is -0.355 e. The number of nitrogens with zero attached hydrogens (tertiary/aromatic N) is 1. The van der Waals surface area contributed by atoms with Gasteiger partial charge in [0.2, 0.25) is 11.8 Å². The molecule has 21 heavy (non-hydrogen) atoms. The molecule has 1 N–H and O–H groups in total. The molecule has 2 rings (SSSR count). The van der Waals surface area contributed by atoms with E-state index in [0.717, 1.165) is 24.9 Å². The van der Waals surface area contributed by atoms with Crippen LogP contribution in [0.25, 0.3) is 0 Å². The third-order valence-electron chi connectivity index (χ3n) is 4.01. The number of hydrogen-bond acceptors (Lipinski definition) is 2. The van der Waals surface area contributed by atoms with Crippen molar-refractivity contribution < 1.29 is 9.59 Å². The van der Waals surface area contributed by atoms with E-state index in [1.165, 1.54) is 5.56 Å². The number of carbonyl (C=O) groups is 2. The third-order valence-corrected chi connectivity index (χ3v) is 4.01. The SMILES string of the molecule is CCCCNC(=O)C1CCN(c2ccc(CC)cc2)C1=O. The number of carbonyl (C=O) groups excluding carboxylic acids is 2. The maximum absolute atomic E-state index is 12.4. The average Bonchev–Trinajstić information content (AvgIpc) is 2.89. The summed E-state index contributed by atoms with van der Waals surface area (Å²) in [5, 5.41) is 2.86. The number of aryl methyl sites for hydroxylation is 1. The van der Waals surface area contributed by atoms with Crippen LogP contribution in [0.1, 0.15) is 38.7 Å². The van der Waals surface area contributed by atoms with E-state index in [2.05, 4.69) is 19.2 Å². The number of rotatable bonds is 6. The average molecular weight is 288 g/mol. The highest BCUT2D eigenvalue weighted by molar-refractivity contribution is 6.09. The van der Waals surface area contributed by atoms with Crippen LogP contribution >= 0.6 is 0 Å². The van der Waals surface area contributed by atoms with Gasteiger partial charge in [0, 0.05) is 18.8 Å². The first-order valence-corrected chi connectivity index (χ1v) is 7.85. The van der Waals surface area contributed by atoms with Gasteiger partial charge in [-0.25, -0.2) is 0 Å². The van der Waals surface area contributed by atoms with Gasteiger partial charge in [-0.2, -0.15) is 0 Å². The van der Waals surface area contributed by atoms with Crippen LogP contribution in [0.4, 0.5) is 5.69 Å². The lowest BCUT2D eigenvalue weighted by Crippen LogP contribution is -2.37. The van der Waals surface area contributed by atoms with Crippen molar-refractivity contribution in [1.82, 2.24) is 5.32 Å². The van der Waals surface area contributed by atoms with E-state index < -0.39 is 5.92 Å². The molecule has 0 bridgehead atoms. The maximum atomic E-state index is 12.4. The lowest BCUT2D eigenvalue weighted by molar-refractivity contribution is -0.132. The molecule has 114 valence electrons. The second-order valence-corrected chi connectivity index (χ2v) is 5.50. The predicted octanol–water partition coefficient (Wildman–Crippen LogP) is 2.52. The van der Waals surface area contributed by atoms with Crippen molar-refractivity contribution in [3.8, 4) is 0 Å². The molecule has 0 aliphatic carbocycles. The second-order valence-electron chi connectivity index (χ2n) is 5.50. The summed E-state index contributed by atoms with van der Waals surface area (Å²) >= 11 is 0. The lowest BCUT2D eigenvalue weighted by Gasteiger charge is -2.17. The Morgan fingerprint density at radius 1 is 1.29 bits per heavy atom. The van der Waals surface area contributed by atoms with Gasteiger partial charge in [0.15, 0.2) is 0 Å². The Morgan fingerprint density at radius 2 is 2.00 bits per heavy atom. The van der Waals surface area contributed by atoms with Crippen LogP contribution in [-0.4, -0.2) is 24.9 Å². The maximum Gasteiger partial charge on any atom is 0.239 e. The van der Waals surface area contributed by atoms with E-state index in [-0.39, 0.29) is 11.8 Å². The zero-order valence-electron chi connectivity index (χ0n) is 12.9. The molecule has 4 heteroatoms. The van der Waals surface area contributed by atoms with Crippen molar-refractivity contribution in [2.24, 2.45) is 5.92 Å². The molecule has 1 saturated heterocycles. The number of hydrogen-bond donors (Lipinski definition) is 1. The van der Waals surface area contributed by atoms with Crippen molar-refractivity contribution >= 4 is 17.5 Å². The standard InChI is InChI=1S/C17H24N2O2/c1-3-5-11-18-16(20)15-10-12-19(17(15)21)14-8-6-13(4-2)7-9-14/h6-9,15H,3-5,10-12H2,1-2H3,(H,18,20). The molecule has 1 aliphatic rings. The smallest absolute Gasteiger partial charge is 0.239 e. The van der Waals surface area contributed by atoms with Crippen molar-refractivity contribution in [1.29, 1.82) is 0 Å². The zero-order valence-corrected chi connectivity index (χ0v) is 12.9. The molecule has 1 aliphatic heterocycles. The van der Waals surface area contributed by atoms with E-state index in [1.807, 2.05) is 24.3 Å². The molecule has 0 radical (unpaired) electrons. The first-order chi connectivity index (χ1) is 10.2. The molecule has 4 nitrogen and oxygen atoms in total. The van der Waals surface area contributed by atoms with Crippen LogP contribution in [0.3, 0.4) is 0 Å². The number of anilines is 1. The second kappa shape index (κ2) is 7.25. The Labute approximate surface area is 126 Å². The largest absolute Gasteiger partial charge is 0.355 e. The van der Waals surface area contributed by atoms with Crippen LogP contribution in [0, 0.1) is 5.92 Å². The first-order valence-electron chi connectivity index (χ1n) is 7.85. The Morgan fingerprint density at radius 3 is 2.62 bits per heavy atom. The fraction of sp³-hybridized carbons (Fsp3) is 0.529. The zero-order chi connectivity index (χ0) is 15.2. The quantitative estimate of drug-likeness (QED) is 0.646. The molecule has 2 amide bonds. The normalized spacial score (nSPS) is 18.1. The van der Waals surface area contributed by atoms with Gasteiger partial charge in [-0.05, 0) is 37.0 Å². The van der Waals surface area contributed by atoms with E-state index in [0.29, 0.717) is 19.5 Å². The summed E-state index contributed by atoms with van der Waals surface area (Å²) in [7, 11) is 0. The molecule has 1 heterocycles. The molecular weight excluding hydrogens is 264 g/mol. The van der Waals surface area contributed by atoms with Gasteiger partial charge in [0.1, 0.15) is 5.92 Å². The summed E-state index contributed by atoms with van der Waals surface area (Å²) in [4.78, 5) is 26.2. The Kier molecular flexibility index (Phi) is 5.37. The molecule has 1 atom stereocenters. The van der Waals surface area contributed by atoms with Crippen LogP contribution < -0.4 is 10.2 Å². The van der Waals surface area contributed by atoms with Gasteiger partial charge in [0.25, 0.3) is 0 Å². The van der Waals surface area contributed by atoms with Gasteiger partial charge in [0.05, 0.1) is 0 Å². The summed E-state index contributed by atoms with van der Waals surface area (Å²) < 4.78 is 0. The van der Waals surface area contributed by atoms with E-state index >= 15 is 0 Å². The number of nitrogens with one attached hydrogen (secondary N) is 1. The summed E-state index contributed by atoms with van der Waals surface area (Å²) in [5.41, 5.74) is 2.14. The summed E-state index contributed by atoms with van der Waals surface area (Å²) in [6, 6.07) is 8.01. The molecule has 1 aromatic carbocycles. The molecule has 1 fully saturated rings. The van der Waals surface area contributed by atoms with Gasteiger partial charge >= 0.3 is 0 Å². The van der Waals surface area contributed by atoms with E-state index in [9.17, 15) is 9.59 Å². The van der Waals surface area contributed by atoms with Crippen LogP contribution in [0.2, 0.25) is 0 Å². The number of unbranched alkanes of at least 4 members (excludes halogenated alkanes) is 1. The number of benzene rings is 1. The lowest BCUT2D eigenvalue weighted by atomic mass is 10.1. The minimum absolute atomic E-state index is 0.0757. The summed E-state index contributed by atoms with van der Waals surface area (Å²) in [6.45, 7) is 5.46. The highest BCUT2D eigenvalue weighted by atomic mass is 16.2. The monoisotopic (exact) mass is 288 g/mol. The van der Waals surface area contributed by atoms with Crippen molar-refractivity contribution in [2.45, 2.75) is 39.5 Å². The van der Waals surface area contributed by atoms with Gasteiger partial charge in [-0.1, -0.05) is 32.4 Å².